The minimum atomic E-state index is -0.578. The third-order valence-corrected chi connectivity index (χ3v) is 2.07. The van der Waals surface area contributed by atoms with E-state index in [1.54, 1.807) is 30.6 Å². The number of nitriles is 1. The zero-order valence-corrected chi connectivity index (χ0v) is 8.07. The van der Waals surface area contributed by atoms with Gasteiger partial charge in [-0.25, -0.2) is 4.68 Å². The molecule has 0 fully saturated rings. The topological polar surface area (TPSA) is 84.8 Å². The Balaban J connectivity index is 2.57. The van der Waals surface area contributed by atoms with Crippen LogP contribution in [0.5, 0.6) is 0 Å². The quantitative estimate of drug-likeness (QED) is 0.562. The van der Waals surface area contributed by atoms with E-state index in [4.69, 9.17) is 5.26 Å². The lowest BCUT2D eigenvalue weighted by Crippen LogP contribution is -1.98. The van der Waals surface area contributed by atoms with E-state index in [-0.39, 0.29) is 11.3 Å². The van der Waals surface area contributed by atoms with Gasteiger partial charge in [-0.1, -0.05) is 0 Å². The smallest absolute Gasteiger partial charge is 0.258 e. The van der Waals surface area contributed by atoms with Gasteiger partial charge in [0.1, 0.15) is 11.6 Å². The molecule has 0 radical (unpaired) electrons. The highest BCUT2D eigenvalue weighted by atomic mass is 16.6. The van der Waals surface area contributed by atoms with Gasteiger partial charge in [-0.3, -0.25) is 10.1 Å². The van der Waals surface area contributed by atoms with Gasteiger partial charge in [-0.05, 0) is 18.2 Å². The standard InChI is InChI=1S/C10H6N4O2/c11-7-8-2-3-9(6-10(8)14(15)16)13-5-1-4-12-13/h1-6H. The summed E-state index contributed by atoms with van der Waals surface area (Å²) in [5.41, 5.74) is 0.382. The van der Waals surface area contributed by atoms with Crippen LogP contribution in [-0.2, 0) is 0 Å². The zero-order valence-electron chi connectivity index (χ0n) is 8.07. The van der Waals surface area contributed by atoms with Crippen molar-refractivity contribution in [1.82, 2.24) is 9.78 Å². The van der Waals surface area contributed by atoms with Crippen LogP contribution in [0.1, 0.15) is 5.56 Å². The fraction of sp³-hybridized carbons (Fsp3) is 0. The molecule has 2 rings (SSSR count). The largest absolute Gasteiger partial charge is 0.289 e. The van der Waals surface area contributed by atoms with Crippen LogP contribution >= 0.6 is 0 Å². The maximum atomic E-state index is 10.7. The summed E-state index contributed by atoms with van der Waals surface area (Å²) in [5.74, 6) is 0. The molecule has 6 nitrogen and oxygen atoms in total. The van der Waals surface area contributed by atoms with Crippen LogP contribution in [0.3, 0.4) is 0 Å². The summed E-state index contributed by atoms with van der Waals surface area (Å²) in [7, 11) is 0. The third kappa shape index (κ3) is 1.62. The molecular formula is C10H6N4O2. The molecule has 0 unspecified atom stereocenters. The van der Waals surface area contributed by atoms with Gasteiger partial charge >= 0.3 is 0 Å². The second-order valence-corrected chi connectivity index (χ2v) is 3.02. The van der Waals surface area contributed by atoms with Crippen LogP contribution in [0.2, 0.25) is 0 Å². The Bertz CT molecular complexity index is 569. The molecule has 0 amide bonds. The fourth-order valence-corrected chi connectivity index (χ4v) is 1.33. The monoisotopic (exact) mass is 214 g/mol. The highest BCUT2D eigenvalue weighted by molar-refractivity contribution is 5.54. The van der Waals surface area contributed by atoms with E-state index in [0.29, 0.717) is 5.69 Å². The van der Waals surface area contributed by atoms with Crippen molar-refractivity contribution in [1.29, 1.82) is 5.26 Å². The summed E-state index contributed by atoms with van der Waals surface area (Å²) in [5, 5.41) is 23.4. The zero-order chi connectivity index (χ0) is 11.5. The normalized spacial score (nSPS) is 9.69. The summed E-state index contributed by atoms with van der Waals surface area (Å²) >= 11 is 0. The Morgan fingerprint density at radius 2 is 2.31 bits per heavy atom. The number of nitro benzene ring substituents is 1. The number of aromatic nitrogens is 2. The number of nitro groups is 1. The Kier molecular flexibility index (Phi) is 2.36. The molecule has 0 atom stereocenters. The minimum absolute atomic E-state index is 0.0425. The predicted octanol–water partition coefficient (Wildman–Crippen LogP) is 1.65. The van der Waals surface area contributed by atoms with Crippen molar-refractivity contribution < 1.29 is 4.92 Å². The molecule has 6 heteroatoms. The second-order valence-electron chi connectivity index (χ2n) is 3.02. The summed E-state index contributed by atoms with van der Waals surface area (Å²) in [6, 6.07) is 7.84. The van der Waals surface area contributed by atoms with Gasteiger partial charge in [0.25, 0.3) is 5.69 Å². The average Bonchev–Trinajstić information content (AvgIpc) is 2.81. The van der Waals surface area contributed by atoms with Crippen molar-refractivity contribution in [3.63, 3.8) is 0 Å². The van der Waals surface area contributed by atoms with Crippen LogP contribution in [0.4, 0.5) is 5.69 Å². The molecule has 16 heavy (non-hydrogen) atoms. The molecule has 0 aliphatic carbocycles. The maximum Gasteiger partial charge on any atom is 0.289 e. The maximum absolute atomic E-state index is 10.7. The van der Waals surface area contributed by atoms with Gasteiger partial charge in [0.2, 0.25) is 0 Å². The van der Waals surface area contributed by atoms with E-state index in [2.05, 4.69) is 5.10 Å². The van der Waals surface area contributed by atoms with E-state index in [1.807, 2.05) is 0 Å². The molecule has 0 aliphatic rings. The highest BCUT2D eigenvalue weighted by Gasteiger charge is 2.14. The predicted molar refractivity (Wildman–Crippen MR) is 54.9 cm³/mol. The Labute approximate surface area is 90.5 Å². The minimum Gasteiger partial charge on any atom is -0.258 e. The van der Waals surface area contributed by atoms with Crippen LogP contribution < -0.4 is 0 Å². The molecule has 2 aromatic rings. The lowest BCUT2D eigenvalue weighted by Gasteiger charge is -2.01. The van der Waals surface area contributed by atoms with E-state index in [1.165, 1.54) is 16.8 Å². The van der Waals surface area contributed by atoms with Gasteiger partial charge in [-0.2, -0.15) is 10.4 Å². The van der Waals surface area contributed by atoms with Crippen LogP contribution in [0.15, 0.2) is 36.7 Å². The number of rotatable bonds is 2. The van der Waals surface area contributed by atoms with Crippen molar-refractivity contribution in [2.45, 2.75) is 0 Å². The van der Waals surface area contributed by atoms with Crippen molar-refractivity contribution in [3.05, 3.63) is 52.3 Å². The Morgan fingerprint density at radius 3 is 2.88 bits per heavy atom. The molecule has 1 heterocycles. The molecule has 0 bridgehead atoms. The summed E-state index contributed by atoms with van der Waals surface area (Å²) < 4.78 is 1.49. The second kappa shape index (κ2) is 3.82. The van der Waals surface area contributed by atoms with Gasteiger partial charge in [0.05, 0.1) is 10.6 Å². The molecule has 0 spiro atoms. The van der Waals surface area contributed by atoms with Crippen LogP contribution in [-0.4, -0.2) is 14.7 Å². The first-order valence-corrected chi connectivity index (χ1v) is 4.41. The molecular weight excluding hydrogens is 208 g/mol. The lowest BCUT2D eigenvalue weighted by molar-refractivity contribution is -0.385. The van der Waals surface area contributed by atoms with Crippen LogP contribution in [0.25, 0.3) is 5.69 Å². The Hall–Kier alpha value is -2.68. The molecule has 1 aromatic carbocycles. The van der Waals surface area contributed by atoms with E-state index >= 15 is 0 Å². The lowest BCUT2D eigenvalue weighted by atomic mass is 10.2. The SMILES string of the molecule is N#Cc1ccc(-n2cccn2)cc1[N+](=O)[O-]. The van der Waals surface area contributed by atoms with E-state index in [0.717, 1.165) is 0 Å². The Morgan fingerprint density at radius 1 is 1.50 bits per heavy atom. The molecule has 78 valence electrons. The summed E-state index contributed by atoms with van der Waals surface area (Å²) in [6.45, 7) is 0. The molecule has 0 saturated heterocycles. The molecule has 1 aromatic heterocycles. The first-order valence-electron chi connectivity index (χ1n) is 4.41. The highest BCUT2D eigenvalue weighted by Crippen LogP contribution is 2.21. The van der Waals surface area contributed by atoms with E-state index in [9.17, 15) is 10.1 Å². The van der Waals surface area contributed by atoms with Gasteiger partial charge in [0.15, 0.2) is 0 Å². The number of benzene rings is 1. The first kappa shape index (κ1) is 9.86. The summed E-state index contributed by atoms with van der Waals surface area (Å²) in [4.78, 5) is 10.1. The summed E-state index contributed by atoms with van der Waals surface area (Å²) in [6.07, 6.45) is 3.25. The van der Waals surface area contributed by atoms with Crippen molar-refractivity contribution in [2.24, 2.45) is 0 Å². The van der Waals surface area contributed by atoms with Crippen LogP contribution in [0, 0.1) is 21.4 Å². The first-order chi connectivity index (χ1) is 7.72. The number of hydrogen-bond acceptors (Lipinski definition) is 4. The average molecular weight is 214 g/mol. The number of nitrogens with zero attached hydrogens (tertiary/aromatic N) is 4. The van der Waals surface area contributed by atoms with Gasteiger partial charge in [-0.15, -0.1) is 0 Å². The van der Waals surface area contributed by atoms with Crippen molar-refractivity contribution >= 4 is 5.69 Å². The molecule has 0 saturated carbocycles. The van der Waals surface area contributed by atoms with Gasteiger partial charge in [0, 0.05) is 18.5 Å². The van der Waals surface area contributed by atoms with Crippen molar-refractivity contribution in [2.75, 3.05) is 0 Å². The third-order valence-electron chi connectivity index (χ3n) is 2.07. The van der Waals surface area contributed by atoms with Crippen molar-refractivity contribution in [3.8, 4) is 11.8 Å². The molecule has 0 aliphatic heterocycles. The fourth-order valence-electron chi connectivity index (χ4n) is 1.33. The number of hydrogen-bond donors (Lipinski definition) is 0. The van der Waals surface area contributed by atoms with Gasteiger partial charge < -0.3 is 0 Å². The van der Waals surface area contributed by atoms with E-state index < -0.39 is 4.92 Å². The molecule has 0 N–H and O–H groups in total.